The fourth-order valence-corrected chi connectivity index (χ4v) is 1.50. The van der Waals surface area contributed by atoms with Gasteiger partial charge in [-0.1, -0.05) is 32.9 Å². The molecule has 0 radical (unpaired) electrons. The fourth-order valence-electron chi connectivity index (χ4n) is 1.50. The molecule has 0 fully saturated rings. The third-order valence-electron chi connectivity index (χ3n) is 2.36. The smallest absolute Gasteiger partial charge is 0.341 e. The van der Waals surface area contributed by atoms with Gasteiger partial charge in [0.1, 0.15) is 11.3 Å². The van der Waals surface area contributed by atoms with Crippen LogP contribution in [0.1, 0.15) is 43.6 Å². The molecule has 0 aliphatic carbocycles. The lowest BCUT2D eigenvalue weighted by Crippen LogP contribution is -2.19. The zero-order valence-electron chi connectivity index (χ0n) is 11.9. The van der Waals surface area contributed by atoms with Crippen molar-refractivity contribution >= 4 is 5.97 Å². The first-order valence-corrected chi connectivity index (χ1v) is 6.24. The molecule has 0 amide bonds. The average Bonchev–Trinajstić information content (AvgIpc) is 2.26. The summed E-state index contributed by atoms with van der Waals surface area (Å²) in [6, 6.07) is 5.51. The normalized spacial score (nSPS) is 11.2. The van der Waals surface area contributed by atoms with E-state index in [9.17, 15) is 4.79 Å². The number of hydrogen-bond donors (Lipinski definition) is 0. The van der Waals surface area contributed by atoms with Gasteiger partial charge >= 0.3 is 5.97 Å². The van der Waals surface area contributed by atoms with Crippen molar-refractivity contribution in [2.75, 3.05) is 13.2 Å². The van der Waals surface area contributed by atoms with Crippen molar-refractivity contribution in [3.8, 4) is 5.75 Å². The quantitative estimate of drug-likeness (QED) is 0.766. The third kappa shape index (κ3) is 4.06. The maximum atomic E-state index is 11.8. The molecule has 0 bridgehead atoms. The Kier molecular flexibility index (Phi) is 4.76. The Morgan fingerprint density at radius 1 is 1.28 bits per heavy atom. The van der Waals surface area contributed by atoms with Crippen LogP contribution in [0, 0.1) is 12.3 Å². The lowest BCUT2D eigenvalue weighted by atomic mass is 9.98. The minimum absolute atomic E-state index is 0.0498. The van der Waals surface area contributed by atoms with Gasteiger partial charge in [0.2, 0.25) is 0 Å². The Bertz CT molecular complexity index is 416. The highest BCUT2D eigenvalue weighted by Gasteiger charge is 2.18. The van der Waals surface area contributed by atoms with Gasteiger partial charge < -0.3 is 9.47 Å². The number of carbonyl (C=O) groups is 1. The van der Waals surface area contributed by atoms with Crippen molar-refractivity contribution < 1.29 is 14.3 Å². The highest BCUT2D eigenvalue weighted by atomic mass is 16.5. The molecule has 0 aromatic heterocycles. The van der Waals surface area contributed by atoms with E-state index in [0.29, 0.717) is 24.5 Å². The molecule has 100 valence electrons. The maximum absolute atomic E-state index is 11.8. The minimum Gasteiger partial charge on any atom is -0.492 e. The maximum Gasteiger partial charge on any atom is 0.341 e. The summed E-state index contributed by atoms with van der Waals surface area (Å²) in [5.74, 6) is 0.302. The first-order chi connectivity index (χ1) is 8.35. The summed E-state index contributed by atoms with van der Waals surface area (Å²) in [4.78, 5) is 11.8. The second-order valence-electron chi connectivity index (χ2n) is 5.52. The number of hydrogen-bond acceptors (Lipinski definition) is 3. The average molecular weight is 250 g/mol. The largest absolute Gasteiger partial charge is 0.492 e. The van der Waals surface area contributed by atoms with Crippen LogP contribution in [0.5, 0.6) is 5.75 Å². The summed E-state index contributed by atoms with van der Waals surface area (Å²) in [7, 11) is 0. The molecule has 3 heteroatoms. The summed E-state index contributed by atoms with van der Waals surface area (Å²) in [6.07, 6.45) is 0. The predicted octanol–water partition coefficient (Wildman–Crippen LogP) is 3.60. The molecular formula is C15H22O3. The molecule has 0 aliphatic rings. The number of para-hydroxylation sites is 1. The molecule has 0 atom stereocenters. The monoisotopic (exact) mass is 250 g/mol. The van der Waals surface area contributed by atoms with Crippen molar-refractivity contribution in [3.63, 3.8) is 0 Å². The second-order valence-corrected chi connectivity index (χ2v) is 5.52. The van der Waals surface area contributed by atoms with Gasteiger partial charge in [-0.2, -0.15) is 0 Å². The van der Waals surface area contributed by atoms with Crippen LogP contribution >= 0.6 is 0 Å². The summed E-state index contributed by atoms with van der Waals surface area (Å²) in [5.41, 5.74) is 1.50. The Hall–Kier alpha value is -1.51. The van der Waals surface area contributed by atoms with Gasteiger partial charge in [-0.3, -0.25) is 0 Å². The van der Waals surface area contributed by atoms with Gasteiger partial charge in [0.15, 0.2) is 0 Å². The third-order valence-corrected chi connectivity index (χ3v) is 2.36. The Labute approximate surface area is 109 Å². The second kappa shape index (κ2) is 5.89. The number of benzene rings is 1. The van der Waals surface area contributed by atoms with E-state index in [-0.39, 0.29) is 11.4 Å². The number of ether oxygens (including phenoxy) is 2. The van der Waals surface area contributed by atoms with Crippen LogP contribution in [0.15, 0.2) is 18.2 Å². The number of aryl methyl sites for hydroxylation is 1. The molecular weight excluding hydrogens is 228 g/mol. The van der Waals surface area contributed by atoms with E-state index in [4.69, 9.17) is 9.47 Å². The number of esters is 1. The zero-order valence-corrected chi connectivity index (χ0v) is 11.9. The molecule has 0 aliphatic heterocycles. The van der Waals surface area contributed by atoms with E-state index in [1.54, 1.807) is 13.0 Å². The van der Waals surface area contributed by atoms with Crippen molar-refractivity contribution in [1.29, 1.82) is 0 Å². The molecule has 18 heavy (non-hydrogen) atoms. The van der Waals surface area contributed by atoms with E-state index in [1.165, 1.54) is 0 Å². The minimum atomic E-state index is -0.329. The van der Waals surface area contributed by atoms with E-state index in [2.05, 4.69) is 20.8 Å². The van der Waals surface area contributed by atoms with Gasteiger partial charge in [-0.25, -0.2) is 4.79 Å². The molecule has 1 aromatic carbocycles. The molecule has 0 spiro atoms. The topological polar surface area (TPSA) is 35.5 Å². The van der Waals surface area contributed by atoms with Crippen LogP contribution in [-0.4, -0.2) is 19.2 Å². The molecule has 0 N–H and O–H groups in total. The molecule has 1 aromatic rings. The van der Waals surface area contributed by atoms with Crippen LogP contribution in [0.25, 0.3) is 0 Å². The molecule has 1 rings (SSSR count). The molecule has 0 unspecified atom stereocenters. The van der Waals surface area contributed by atoms with Crippen molar-refractivity contribution in [2.45, 2.75) is 34.6 Å². The van der Waals surface area contributed by atoms with Crippen LogP contribution < -0.4 is 4.74 Å². The van der Waals surface area contributed by atoms with Crippen molar-refractivity contribution in [3.05, 3.63) is 29.3 Å². The van der Waals surface area contributed by atoms with Gasteiger partial charge in [0.25, 0.3) is 0 Å². The van der Waals surface area contributed by atoms with Crippen LogP contribution in [0.3, 0.4) is 0 Å². The highest BCUT2D eigenvalue weighted by molar-refractivity contribution is 5.93. The zero-order chi connectivity index (χ0) is 13.8. The summed E-state index contributed by atoms with van der Waals surface area (Å²) in [6.45, 7) is 10.9. The highest BCUT2D eigenvalue weighted by Crippen LogP contribution is 2.26. The molecule has 0 saturated carbocycles. The van der Waals surface area contributed by atoms with Gasteiger partial charge in [0.05, 0.1) is 13.2 Å². The Morgan fingerprint density at radius 2 is 1.94 bits per heavy atom. The van der Waals surface area contributed by atoms with E-state index in [1.807, 2.05) is 19.1 Å². The van der Waals surface area contributed by atoms with E-state index < -0.39 is 0 Å². The van der Waals surface area contributed by atoms with Crippen molar-refractivity contribution in [1.82, 2.24) is 0 Å². The molecule has 3 nitrogen and oxygen atoms in total. The summed E-state index contributed by atoms with van der Waals surface area (Å²) in [5, 5.41) is 0. The fraction of sp³-hybridized carbons (Fsp3) is 0.533. The Balaban J connectivity index is 2.97. The Morgan fingerprint density at radius 3 is 2.50 bits per heavy atom. The first kappa shape index (κ1) is 14.6. The van der Waals surface area contributed by atoms with Gasteiger partial charge in [0, 0.05) is 0 Å². The summed E-state index contributed by atoms with van der Waals surface area (Å²) < 4.78 is 10.8. The molecule has 0 heterocycles. The first-order valence-electron chi connectivity index (χ1n) is 6.24. The van der Waals surface area contributed by atoms with E-state index in [0.717, 1.165) is 5.56 Å². The van der Waals surface area contributed by atoms with Crippen molar-refractivity contribution in [2.24, 2.45) is 5.41 Å². The lowest BCUT2D eigenvalue weighted by molar-refractivity contribution is 0.0519. The van der Waals surface area contributed by atoms with E-state index >= 15 is 0 Å². The molecule has 0 saturated heterocycles. The number of rotatable bonds is 4. The van der Waals surface area contributed by atoms with Gasteiger partial charge in [-0.15, -0.1) is 0 Å². The van der Waals surface area contributed by atoms with Gasteiger partial charge in [-0.05, 0) is 30.9 Å². The lowest BCUT2D eigenvalue weighted by Gasteiger charge is -2.21. The SMILES string of the molecule is CCOC(=O)c1cccc(C)c1OCC(C)(C)C. The van der Waals surface area contributed by atoms with Crippen LogP contribution in [-0.2, 0) is 4.74 Å². The standard InChI is InChI=1S/C15H22O3/c1-6-17-14(16)12-9-7-8-11(2)13(12)18-10-15(3,4)5/h7-9H,6,10H2,1-5H3. The number of carbonyl (C=O) groups excluding carboxylic acids is 1. The van der Waals surface area contributed by atoms with Crippen LogP contribution in [0.2, 0.25) is 0 Å². The predicted molar refractivity (Wildman–Crippen MR) is 72.1 cm³/mol. The van der Waals surface area contributed by atoms with Crippen LogP contribution in [0.4, 0.5) is 0 Å². The summed E-state index contributed by atoms with van der Waals surface area (Å²) >= 11 is 0.